The number of carbonyl (C=O) groups excluding carboxylic acids is 2. The van der Waals surface area contributed by atoms with E-state index in [1.165, 1.54) is 28.6 Å². The number of hydrogen-bond acceptors (Lipinski definition) is 6. The van der Waals surface area contributed by atoms with Gasteiger partial charge in [-0.05, 0) is 62.7 Å². The molecule has 1 heterocycles. The Morgan fingerprint density at radius 3 is 2.38 bits per heavy atom. The number of nitrogens with one attached hydrogen (secondary N) is 1. The molecule has 0 saturated carbocycles. The molecule has 2 atom stereocenters. The Balaban J connectivity index is 1.60. The number of nitrogens with zero attached hydrogens (tertiary/aromatic N) is 1. The van der Waals surface area contributed by atoms with Gasteiger partial charge in [0.05, 0.1) is 22.7 Å². The quantitative estimate of drug-likeness (QED) is 0.637. The SMILES string of the molecule is Cc1c(Cl)cccc1NC(=O)COC(=O)c1ccc(S(=O)(=O)N2CC(C)OC(C)C2)cc1. The number of halogens is 1. The van der Waals surface area contributed by atoms with E-state index < -0.39 is 28.5 Å². The van der Waals surface area contributed by atoms with Gasteiger partial charge in [-0.1, -0.05) is 17.7 Å². The highest BCUT2D eigenvalue weighted by molar-refractivity contribution is 7.89. The van der Waals surface area contributed by atoms with E-state index in [4.69, 9.17) is 21.1 Å². The van der Waals surface area contributed by atoms with Gasteiger partial charge in [-0.25, -0.2) is 13.2 Å². The molecular weight excluding hydrogens is 456 g/mol. The van der Waals surface area contributed by atoms with Crippen molar-refractivity contribution in [2.75, 3.05) is 25.0 Å². The van der Waals surface area contributed by atoms with Gasteiger partial charge in [0.1, 0.15) is 0 Å². The number of anilines is 1. The molecule has 1 saturated heterocycles. The van der Waals surface area contributed by atoms with Crippen molar-refractivity contribution < 1.29 is 27.5 Å². The minimum absolute atomic E-state index is 0.0736. The average molecular weight is 481 g/mol. The number of amides is 1. The first-order chi connectivity index (χ1) is 15.1. The molecule has 0 aliphatic carbocycles. The summed E-state index contributed by atoms with van der Waals surface area (Å²) in [7, 11) is -3.71. The highest BCUT2D eigenvalue weighted by atomic mass is 35.5. The molecule has 3 rings (SSSR count). The third-order valence-electron chi connectivity index (χ3n) is 4.99. The smallest absolute Gasteiger partial charge is 0.338 e. The highest BCUT2D eigenvalue weighted by Gasteiger charge is 2.32. The van der Waals surface area contributed by atoms with E-state index in [1.54, 1.807) is 25.1 Å². The molecule has 2 aromatic rings. The molecule has 172 valence electrons. The van der Waals surface area contributed by atoms with Gasteiger partial charge in [-0.2, -0.15) is 4.31 Å². The van der Waals surface area contributed by atoms with Crippen molar-refractivity contribution in [1.82, 2.24) is 4.31 Å². The number of morpholine rings is 1. The topological polar surface area (TPSA) is 102 Å². The predicted molar refractivity (Wildman–Crippen MR) is 120 cm³/mol. The van der Waals surface area contributed by atoms with E-state index in [-0.39, 0.29) is 35.8 Å². The normalized spacial score (nSPS) is 19.4. The molecule has 10 heteroatoms. The summed E-state index contributed by atoms with van der Waals surface area (Å²) in [5.74, 6) is -1.25. The second-order valence-corrected chi connectivity index (χ2v) is 9.99. The Morgan fingerprint density at radius 2 is 1.75 bits per heavy atom. The number of ether oxygens (including phenoxy) is 2. The van der Waals surface area contributed by atoms with Crippen molar-refractivity contribution in [2.24, 2.45) is 0 Å². The Kier molecular flexibility index (Phi) is 7.55. The maximum Gasteiger partial charge on any atom is 0.338 e. The Labute approximate surface area is 192 Å². The van der Waals surface area contributed by atoms with Crippen molar-refractivity contribution in [3.8, 4) is 0 Å². The summed E-state index contributed by atoms with van der Waals surface area (Å²) < 4.78 is 37.8. The fraction of sp³-hybridized carbons (Fsp3) is 0.364. The van der Waals surface area contributed by atoms with Gasteiger partial charge in [0.15, 0.2) is 6.61 Å². The lowest BCUT2D eigenvalue weighted by Crippen LogP contribution is -2.48. The monoisotopic (exact) mass is 480 g/mol. The van der Waals surface area contributed by atoms with Crippen LogP contribution in [-0.4, -0.2) is 56.5 Å². The van der Waals surface area contributed by atoms with Crippen LogP contribution < -0.4 is 5.32 Å². The first-order valence-corrected chi connectivity index (χ1v) is 11.9. The molecule has 8 nitrogen and oxygen atoms in total. The Bertz CT molecular complexity index is 1090. The van der Waals surface area contributed by atoms with Gasteiger partial charge in [0.25, 0.3) is 5.91 Å². The van der Waals surface area contributed by atoms with Gasteiger partial charge in [0.2, 0.25) is 10.0 Å². The molecule has 2 aromatic carbocycles. The zero-order valence-electron chi connectivity index (χ0n) is 18.0. The fourth-order valence-corrected chi connectivity index (χ4v) is 5.15. The van der Waals surface area contributed by atoms with Gasteiger partial charge in [-0.3, -0.25) is 4.79 Å². The summed E-state index contributed by atoms with van der Waals surface area (Å²) in [6.45, 7) is 5.43. The molecule has 1 aliphatic heterocycles. The second-order valence-electron chi connectivity index (χ2n) is 7.64. The van der Waals surface area contributed by atoms with Crippen LogP contribution in [0.5, 0.6) is 0 Å². The summed E-state index contributed by atoms with van der Waals surface area (Å²) in [5.41, 5.74) is 1.37. The van der Waals surface area contributed by atoms with Crippen LogP contribution in [0.2, 0.25) is 5.02 Å². The maximum absolute atomic E-state index is 12.9. The van der Waals surface area contributed by atoms with E-state index in [1.807, 2.05) is 13.8 Å². The summed E-state index contributed by atoms with van der Waals surface area (Å²) in [4.78, 5) is 24.4. The molecule has 0 bridgehead atoms. The largest absolute Gasteiger partial charge is 0.452 e. The molecule has 1 N–H and O–H groups in total. The summed E-state index contributed by atoms with van der Waals surface area (Å²) in [6.07, 6.45) is -0.408. The standard InChI is InChI=1S/C22H25ClN2O6S/c1-14-11-25(12-15(2)31-14)32(28,29)18-9-7-17(8-10-18)22(27)30-13-21(26)24-20-6-4-5-19(23)16(20)3/h4-10,14-15H,11-13H2,1-3H3,(H,24,26). The molecule has 0 aromatic heterocycles. The van der Waals surface area contributed by atoms with Crippen LogP contribution in [0, 0.1) is 6.92 Å². The first-order valence-electron chi connectivity index (χ1n) is 10.1. The zero-order chi connectivity index (χ0) is 23.5. The molecular formula is C22H25ClN2O6S. The molecule has 1 amide bonds. The molecule has 32 heavy (non-hydrogen) atoms. The van der Waals surface area contributed by atoms with Crippen molar-refractivity contribution in [3.05, 3.63) is 58.6 Å². The lowest BCUT2D eigenvalue weighted by Gasteiger charge is -2.34. The van der Waals surface area contributed by atoms with Gasteiger partial charge >= 0.3 is 5.97 Å². The van der Waals surface area contributed by atoms with Crippen molar-refractivity contribution in [1.29, 1.82) is 0 Å². The van der Waals surface area contributed by atoms with Crippen molar-refractivity contribution in [2.45, 2.75) is 37.9 Å². The van der Waals surface area contributed by atoms with Gasteiger partial charge in [-0.15, -0.1) is 0 Å². The third-order valence-corrected chi connectivity index (χ3v) is 7.25. The lowest BCUT2D eigenvalue weighted by molar-refractivity contribution is -0.119. The number of benzene rings is 2. The molecule has 0 radical (unpaired) electrons. The van der Waals surface area contributed by atoms with Crippen LogP contribution in [0.15, 0.2) is 47.4 Å². The summed E-state index contributed by atoms with van der Waals surface area (Å²) in [6, 6.07) is 10.5. The summed E-state index contributed by atoms with van der Waals surface area (Å²) in [5, 5.41) is 3.14. The first kappa shape index (κ1) is 24.2. The molecule has 1 fully saturated rings. The Hall–Kier alpha value is -2.46. The maximum atomic E-state index is 12.9. The van der Waals surface area contributed by atoms with E-state index in [0.29, 0.717) is 16.3 Å². The Morgan fingerprint density at radius 1 is 1.12 bits per heavy atom. The van der Waals surface area contributed by atoms with Crippen LogP contribution in [0.25, 0.3) is 0 Å². The van der Waals surface area contributed by atoms with Gasteiger partial charge < -0.3 is 14.8 Å². The van der Waals surface area contributed by atoms with Gasteiger partial charge in [0, 0.05) is 23.8 Å². The second kappa shape index (κ2) is 9.99. The van der Waals surface area contributed by atoms with Crippen LogP contribution in [0.4, 0.5) is 5.69 Å². The van der Waals surface area contributed by atoms with Crippen molar-refractivity contribution in [3.63, 3.8) is 0 Å². The van der Waals surface area contributed by atoms with E-state index in [2.05, 4.69) is 5.32 Å². The van der Waals surface area contributed by atoms with E-state index in [0.717, 1.165) is 0 Å². The van der Waals surface area contributed by atoms with Crippen LogP contribution >= 0.6 is 11.6 Å². The lowest BCUT2D eigenvalue weighted by atomic mass is 10.2. The average Bonchev–Trinajstić information content (AvgIpc) is 2.74. The number of rotatable bonds is 6. The third kappa shape index (κ3) is 5.66. The highest BCUT2D eigenvalue weighted by Crippen LogP contribution is 2.23. The number of hydrogen-bond donors (Lipinski definition) is 1. The zero-order valence-corrected chi connectivity index (χ0v) is 19.6. The fourth-order valence-electron chi connectivity index (χ4n) is 3.38. The minimum atomic E-state index is -3.71. The van der Waals surface area contributed by atoms with E-state index >= 15 is 0 Å². The molecule has 0 spiro atoms. The number of esters is 1. The van der Waals surface area contributed by atoms with Crippen LogP contribution in [0.1, 0.15) is 29.8 Å². The van der Waals surface area contributed by atoms with Crippen LogP contribution in [-0.2, 0) is 24.3 Å². The van der Waals surface area contributed by atoms with Crippen molar-refractivity contribution >= 4 is 39.2 Å². The van der Waals surface area contributed by atoms with Crippen LogP contribution in [0.3, 0.4) is 0 Å². The number of carbonyl (C=O) groups is 2. The molecule has 2 unspecified atom stereocenters. The summed E-state index contributed by atoms with van der Waals surface area (Å²) >= 11 is 6.02. The molecule has 1 aliphatic rings. The minimum Gasteiger partial charge on any atom is -0.452 e. The number of sulfonamides is 1. The predicted octanol–water partition coefficient (Wildman–Crippen LogP) is 3.24. The van der Waals surface area contributed by atoms with E-state index in [9.17, 15) is 18.0 Å².